The van der Waals surface area contributed by atoms with E-state index in [1.165, 1.54) is 13.0 Å². The van der Waals surface area contributed by atoms with Gasteiger partial charge in [-0.25, -0.2) is 4.18 Å². The molecule has 36 heavy (non-hydrogen) atoms. The molecule has 0 radical (unpaired) electrons. The Morgan fingerprint density at radius 1 is 0.972 bits per heavy atom. The smallest absolute Gasteiger partial charge is 0.394 e. The van der Waals surface area contributed by atoms with Crippen molar-refractivity contribution >= 4 is 22.2 Å². The van der Waals surface area contributed by atoms with E-state index in [-0.39, 0.29) is 6.61 Å². The van der Waals surface area contributed by atoms with Gasteiger partial charge in [-0.15, -0.1) is 6.58 Å². The van der Waals surface area contributed by atoms with Crippen molar-refractivity contribution in [3.05, 3.63) is 12.7 Å². The molecule has 0 aromatic heterocycles. The number of hydrogen-bond donors (Lipinski definition) is 7. The molecule has 0 saturated carbocycles. The van der Waals surface area contributed by atoms with E-state index in [0.29, 0.717) is 0 Å². The minimum absolute atomic E-state index is 0.0208. The van der Waals surface area contributed by atoms with Crippen LogP contribution in [0.3, 0.4) is 0 Å². The molecule has 2 rings (SSSR count). The van der Waals surface area contributed by atoms with E-state index in [0.717, 1.165) is 6.92 Å². The summed E-state index contributed by atoms with van der Waals surface area (Å²) in [6.45, 7) is 4.12. The molecule has 2 aliphatic rings. The van der Waals surface area contributed by atoms with E-state index in [9.17, 15) is 38.4 Å². The Balaban J connectivity index is 2.33. The number of rotatable bonds is 11. The summed E-state index contributed by atoms with van der Waals surface area (Å²) in [5.74, 6) is -1.22. The van der Waals surface area contributed by atoms with E-state index in [2.05, 4.69) is 21.4 Å². The summed E-state index contributed by atoms with van der Waals surface area (Å²) >= 11 is 0. The van der Waals surface area contributed by atoms with Crippen LogP contribution in [0.4, 0.5) is 0 Å². The zero-order chi connectivity index (χ0) is 27.2. The summed E-state index contributed by atoms with van der Waals surface area (Å²) in [4.78, 5) is 23.4. The molecular weight excluding hydrogens is 512 g/mol. The number of amides is 2. The molecular formula is C19H32N2O14S. The van der Waals surface area contributed by atoms with Crippen LogP contribution in [0.25, 0.3) is 0 Å². The maximum Gasteiger partial charge on any atom is 0.397 e. The molecule has 0 bridgehead atoms. The zero-order valence-corrected chi connectivity index (χ0v) is 20.3. The molecule has 208 valence electrons. The molecule has 2 amide bonds. The first-order chi connectivity index (χ1) is 16.8. The van der Waals surface area contributed by atoms with Gasteiger partial charge in [0.1, 0.15) is 48.7 Å². The second kappa shape index (κ2) is 13.2. The predicted octanol–water partition coefficient (Wildman–Crippen LogP) is -4.07. The van der Waals surface area contributed by atoms with E-state index >= 15 is 0 Å². The quantitative estimate of drug-likeness (QED) is 0.0967. The van der Waals surface area contributed by atoms with Gasteiger partial charge in [0.25, 0.3) is 0 Å². The van der Waals surface area contributed by atoms with Crippen LogP contribution < -0.4 is 10.6 Å². The van der Waals surface area contributed by atoms with Crippen LogP contribution in [0.5, 0.6) is 0 Å². The SMILES string of the molecule is C=CCO[C@H]1O[C@H](CO)[C@@H](O[C@@H]2O[C@H](COS(=O)(=O)O)[C@@H](O)[C@H](O)[C@H]2NC(C)=O)[C@H](O)[C@H]1NC(C)=O. The van der Waals surface area contributed by atoms with Gasteiger partial charge < -0.3 is 50.0 Å². The molecule has 0 unspecified atom stereocenters. The Hall–Kier alpha value is -1.77. The first-order valence-electron chi connectivity index (χ1n) is 10.8. The maximum atomic E-state index is 11.7. The standard InChI is InChI=1S/C19H32N2O14S/c1-4-5-31-18-13(21-9(3)24)16(27)17(10(6-22)33-18)35-19-12(20-8(2)23)15(26)14(25)11(34-19)7-32-36(28,29)30/h4,10-19,22,25-27H,1,5-7H2,2-3H3,(H,20,23)(H,21,24)(H,28,29,30)/t10-,11-,12-,13-,14-,15-,16-,17-,18+,19+/m1/s1. The lowest BCUT2D eigenvalue weighted by molar-refractivity contribution is -0.331. The summed E-state index contributed by atoms with van der Waals surface area (Å²) in [6, 6.07) is -2.65. The summed E-state index contributed by atoms with van der Waals surface area (Å²) in [5.41, 5.74) is 0. The lowest BCUT2D eigenvalue weighted by Gasteiger charge is -2.48. The van der Waals surface area contributed by atoms with E-state index in [4.69, 9.17) is 23.5 Å². The molecule has 2 fully saturated rings. The highest BCUT2D eigenvalue weighted by atomic mass is 32.3. The van der Waals surface area contributed by atoms with E-state index < -0.39 is 96.7 Å². The number of aliphatic hydroxyl groups excluding tert-OH is 4. The number of carbonyl (C=O) groups is 2. The molecule has 16 nitrogen and oxygen atoms in total. The fourth-order valence-corrected chi connectivity index (χ4v) is 4.12. The van der Waals surface area contributed by atoms with Crippen LogP contribution in [-0.2, 0) is 43.1 Å². The third-order valence-electron chi connectivity index (χ3n) is 5.34. The Bertz CT molecular complexity index is 872. The second-order valence-corrected chi connectivity index (χ2v) is 9.22. The van der Waals surface area contributed by atoms with Crippen molar-refractivity contribution in [3.63, 3.8) is 0 Å². The third kappa shape index (κ3) is 8.12. The fraction of sp³-hybridized carbons (Fsp3) is 0.789. The van der Waals surface area contributed by atoms with Crippen molar-refractivity contribution in [1.82, 2.24) is 10.6 Å². The number of carbonyl (C=O) groups excluding carboxylic acids is 2. The van der Waals surface area contributed by atoms with E-state index in [1.807, 2.05) is 0 Å². The lowest BCUT2D eigenvalue weighted by Crippen LogP contribution is -2.69. The van der Waals surface area contributed by atoms with Crippen LogP contribution in [-0.4, -0.2) is 126 Å². The first kappa shape index (κ1) is 30.5. The second-order valence-electron chi connectivity index (χ2n) is 8.13. The van der Waals surface area contributed by atoms with Crippen molar-refractivity contribution in [3.8, 4) is 0 Å². The molecule has 0 aliphatic carbocycles. The number of ether oxygens (including phenoxy) is 4. The molecule has 7 N–H and O–H groups in total. The summed E-state index contributed by atoms with van der Waals surface area (Å²) in [6.07, 6.45) is -11.0. The van der Waals surface area contributed by atoms with Gasteiger partial charge in [-0.3, -0.25) is 14.1 Å². The van der Waals surface area contributed by atoms with E-state index in [1.54, 1.807) is 0 Å². The van der Waals surface area contributed by atoms with Crippen LogP contribution >= 0.6 is 0 Å². The highest BCUT2D eigenvalue weighted by Gasteiger charge is 2.52. The van der Waals surface area contributed by atoms with Crippen molar-refractivity contribution in [2.75, 3.05) is 19.8 Å². The predicted molar refractivity (Wildman–Crippen MR) is 116 cm³/mol. The van der Waals surface area contributed by atoms with Crippen LogP contribution in [0.1, 0.15) is 13.8 Å². The summed E-state index contributed by atoms with van der Waals surface area (Å²) in [7, 11) is -4.93. The molecule has 10 atom stereocenters. The summed E-state index contributed by atoms with van der Waals surface area (Å²) in [5, 5.41) is 46.5. The topological polar surface area (TPSA) is 240 Å². The molecule has 17 heteroatoms. The van der Waals surface area contributed by atoms with Crippen LogP contribution in [0, 0.1) is 0 Å². The lowest BCUT2D eigenvalue weighted by atomic mass is 9.94. The molecule has 2 aliphatic heterocycles. The Morgan fingerprint density at radius 3 is 2.03 bits per heavy atom. The van der Waals surface area contributed by atoms with Gasteiger partial charge in [0.05, 0.1) is 19.8 Å². The van der Waals surface area contributed by atoms with Gasteiger partial charge in [-0.1, -0.05) is 6.08 Å². The molecule has 2 heterocycles. The van der Waals surface area contributed by atoms with Gasteiger partial charge in [0.15, 0.2) is 12.6 Å². The normalized spacial score (nSPS) is 37.2. The molecule has 0 aromatic rings. The molecule has 2 saturated heterocycles. The first-order valence-corrected chi connectivity index (χ1v) is 12.2. The van der Waals surface area contributed by atoms with Gasteiger partial charge >= 0.3 is 10.4 Å². The Morgan fingerprint density at radius 2 is 1.53 bits per heavy atom. The highest BCUT2D eigenvalue weighted by molar-refractivity contribution is 7.80. The number of hydrogen-bond acceptors (Lipinski definition) is 13. The van der Waals surface area contributed by atoms with Gasteiger partial charge in [0.2, 0.25) is 11.8 Å². The zero-order valence-electron chi connectivity index (χ0n) is 19.5. The maximum absolute atomic E-state index is 11.7. The van der Waals surface area contributed by atoms with Crippen LogP contribution in [0.15, 0.2) is 12.7 Å². The fourth-order valence-electron chi connectivity index (χ4n) is 3.81. The Labute approximate surface area is 207 Å². The van der Waals surface area contributed by atoms with Crippen molar-refractivity contribution in [2.24, 2.45) is 0 Å². The summed E-state index contributed by atoms with van der Waals surface area (Å²) < 4.78 is 57.3. The van der Waals surface area contributed by atoms with Gasteiger partial charge in [-0.05, 0) is 0 Å². The number of aliphatic hydroxyl groups is 4. The van der Waals surface area contributed by atoms with Crippen molar-refractivity contribution < 1.29 is 66.1 Å². The monoisotopic (exact) mass is 544 g/mol. The minimum atomic E-state index is -4.93. The largest absolute Gasteiger partial charge is 0.397 e. The molecule has 0 aromatic carbocycles. The third-order valence-corrected chi connectivity index (χ3v) is 5.78. The van der Waals surface area contributed by atoms with Crippen LogP contribution in [0.2, 0.25) is 0 Å². The van der Waals surface area contributed by atoms with Crippen molar-refractivity contribution in [2.45, 2.75) is 75.1 Å². The molecule has 0 spiro atoms. The Kier molecular flexibility index (Phi) is 11.1. The van der Waals surface area contributed by atoms with Gasteiger partial charge in [-0.2, -0.15) is 8.42 Å². The average molecular weight is 545 g/mol. The van der Waals surface area contributed by atoms with Crippen molar-refractivity contribution in [1.29, 1.82) is 0 Å². The van der Waals surface area contributed by atoms with Gasteiger partial charge in [0, 0.05) is 13.8 Å². The average Bonchev–Trinajstić information content (AvgIpc) is 2.78. The minimum Gasteiger partial charge on any atom is -0.394 e. The highest BCUT2D eigenvalue weighted by Crippen LogP contribution is 2.30. The number of nitrogens with one attached hydrogen (secondary N) is 2.